The van der Waals surface area contributed by atoms with Gasteiger partial charge < -0.3 is 15.8 Å². The zero-order valence-electron chi connectivity index (χ0n) is 10.4. The lowest BCUT2D eigenvalue weighted by molar-refractivity contribution is -0.115. The zero-order valence-corrected chi connectivity index (χ0v) is 11.2. The number of ether oxygens (including phenoxy) is 1. The maximum absolute atomic E-state index is 11.8. The Morgan fingerprint density at radius 1 is 1.58 bits per heavy atom. The first-order valence-electron chi connectivity index (χ1n) is 5.63. The topological polar surface area (TPSA) is 93.6 Å². The second-order valence-electron chi connectivity index (χ2n) is 4.16. The smallest absolute Gasteiger partial charge is 0.230 e. The van der Waals surface area contributed by atoms with Crippen molar-refractivity contribution in [3.63, 3.8) is 0 Å². The fourth-order valence-corrected chi connectivity index (χ4v) is 2.06. The molecule has 0 bridgehead atoms. The molecule has 0 spiro atoms. The standard InChI is InChI=1S/C12H15ClN4O2/c1-19-6-8(14)10-5-12(18)16-9-3-2-7(13)4-11(9)17(10)15/h2-4H,5-6,14-15H2,1H3,(H,16,18)/b10-8-. The summed E-state index contributed by atoms with van der Waals surface area (Å²) in [5, 5.41) is 4.65. The van der Waals surface area contributed by atoms with Gasteiger partial charge in [-0.25, -0.2) is 5.84 Å². The van der Waals surface area contributed by atoms with E-state index < -0.39 is 0 Å². The number of methoxy groups -OCH3 is 1. The summed E-state index contributed by atoms with van der Waals surface area (Å²) < 4.78 is 4.97. The minimum absolute atomic E-state index is 0.0813. The molecule has 0 saturated carbocycles. The van der Waals surface area contributed by atoms with Crippen LogP contribution in [0.15, 0.2) is 29.6 Å². The summed E-state index contributed by atoms with van der Waals surface area (Å²) in [4.78, 5) is 11.8. The van der Waals surface area contributed by atoms with Crippen molar-refractivity contribution in [2.45, 2.75) is 6.42 Å². The van der Waals surface area contributed by atoms with E-state index in [2.05, 4.69) is 5.32 Å². The summed E-state index contributed by atoms with van der Waals surface area (Å²) in [6.07, 6.45) is 0.0813. The van der Waals surface area contributed by atoms with Crippen LogP contribution in [0.25, 0.3) is 0 Å². The van der Waals surface area contributed by atoms with E-state index in [1.165, 1.54) is 12.1 Å². The van der Waals surface area contributed by atoms with E-state index in [9.17, 15) is 4.79 Å². The Morgan fingerprint density at radius 2 is 2.32 bits per heavy atom. The predicted octanol–water partition coefficient (Wildman–Crippen LogP) is 1.18. The number of fused-ring (bicyclic) bond motifs is 1. The van der Waals surface area contributed by atoms with Crippen molar-refractivity contribution in [1.29, 1.82) is 0 Å². The van der Waals surface area contributed by atoms with Gasteiger partial charge in [-0.1, -0.05) is 11.6 Å². The predicted molar refractivity (Wildman–Crippen MR) is 74.5 cm³/mol. The third kappa shape index (κ3) is 2.81. The molecule has 19 heavy (non-hydrogen) atoms. The zero-order chi connectivity index (χ0) is 14.0. The molecule has 1 heterocycles. The van der Waals surface area contributed by atoms with E-state index >= 15 is 0 Å². The average Bonchev–Trinajstić information content (AvgIpc) is 2.48. The molecule has 5 N–H and O–H groups in total. The van der Waals surface area contributed by atoms with Crippen LogP contribution in [0.4, 0.5) is 11.4 Å². The van der Waals surface area contributed by atoms with E-state index in [0.717, 1.165) is 0 Å². The molecule has 1 aromatic rings. The number of rotatable bonds is 2. The van der Waals surface area contributed by atoms with E-state index in [0.29, 0.717) is 27.8 Å². The van der Waals surface area contributed by atoms with Crippen molar-refractivity contribution in [3.8, 4) is 0 Å². The van der Waals surface area contributed by atoms with Gasteiger partial charge in [0, 0.05) is 12.1 Å². The second kappa shape index (κ2) is 5.48. The van der Waals surface area contributed by atoms with Gasteiger partial charge in [0.1, 0.15) is 0 Å². The first-order valence-corrected chi connectivity index (χ1v) is 6.01. The summed E-state index contributed by atoms with van der Waals surface area (Å²) in [7, 11) is 1.52. The maximum Gasteiger partial charge on any atom is 0.230 e. The lowest BCUT2D eigenvalue weighted by atomic mass is 10.2. The molecule has 6 nitrogen and oxygen atoms in total. The van der Waals surface area contributed by atoms with Gasteiger partial charge in [-0.2, -0.15) is 0 Å². The number of hydrazine groups is 1. The maximum atomic E-state index is 11.8. The summed E-state index contributed by atoms with van der Waals surface area (Å²) in [6, 6.07) is 5.05. The van der Waals surface area contributed by atoms with Crippen LogP contribution in [0.2, 0.25) is 5.02 Å². The Labute approximate surface area is 115 Å². The molecule has 0 radical (unpaired) electrons. The van der Waals surface area contributed by atoms with Gasteiger partial charge in [-0.15, -0.1) is 0 Å². The SMILES string of the molecule is COC/C(N)=C1\CC(=O)Nc2ccc(Cl)cc2N1N. The van der Waals surface area contributed by atoms with Crippen LogP contribution in [-0.2, 0) is 9.53 Å². The van der Waals surface area contributed by atoms with Gasteiger partial charge in [-0.3, -0.25) is 9.80 Å². The van der Waals surface area contributed by atoms with Crippen molar-refractivity contribution in [2.75, 3.05) is 24.0 Å². The Kier molecular flexibility index (Phi) is 3.94. The number of benzene rings is 1. The minimum atomic E-state index is -0.189. The average molecular weight is 283 g/mol. The van der Waals surface area contributed by atoms with Crippen molar-refractivity contribution >= 4 is 28.9 Å². The number of nitrogens with two attached hydrogens (primary N) is 2. The van der Waals surface area contributed by atoms with Crippen LogP contribution < -0.4 is 21.9 Å². The van der Waals surface area contributed by atoms with Gasteiger partial charge in [0.05, 0.1) is 35.8 Å². The Morgan fingerprint density at radius 3 is 3.00 bits per heavy atom. The molecule has 0 atom stereocenters. The molecule has 0 saturated heterocycles. The van der Waals surface area contributed by atoms with E-state index in [4.69, 9.17) is 27.9 Å². The van der Waals surface area contributed by atoms with Crippen LogP contribution >= 0.6 is 11.6 Å². The molecule has 1 amide bonds. The number of nitrogens with zero attached hydrogens (tertiary/aromatic N) is 1. The molecule has 1 aliphatic heterocycles. The summed E-state index contributed by atoms with van der Waals surface area (Å²) in [5.74, 6) is 5.85. The number of carbonyl (C=O) groups excluding carboxylic acids is 1. The number of nitrogens with one attached hydrogen (secondary N) is 1. The minimum Gasteiger partial charge on any atom is -0.399 e. The molecular formula is C12H15ClN4O2. The van der Waals surface area contributed by atoms with Crippen molar-refractivity contribution in [1.82, 2.24) is 0 Å². The van der Waals surface area contributed by atoms with Gasteiger partial charge in [-0.05, 0) is 18.2 Å². The Bertz CT molecular complexity index is 545. The number of anilines is 2. The third-order valence-corrected chi connectivity index (χ3v) is 3.02. The Hall–Kier alpha value is -1.76. The lowest BCUT2D eigenvalue weighted by Crippen LogP contribution is -2.33. The monoisotopic (exact) mass is 282 g/mol. The van der Waals surface area contributed by atoms with Crippen molar-refractivity contribution < 1.29 is 9.53 Å². The molecule has 7 heteroatoms. The highest BCUT2D eigenvalue weighted by Gasteiger charge is 2.23. The van der Waals surface area contributed by atoms with E-state index in [-0.39, 0.29) is 18.9 Å². The van der Waals surface area contributed by atoms with Crippen LogP contribution in [0.3, 0.4) is 0 Å². The molecule has 102 valence electrons. The number of amides is 1. The molecule has 0 unspecified atom stereocenters. The number of halogens is 1. The highest BCUT2D eigenvalue weighted by Crippen LogP contribution is 2.33. The molecule has 0 aliphatic carbocycles. The van der Waals surface area contributed by atoms with Crippen LogP contribution in [-0.4, -0.2) is 19.6 Å². The fraction of sp³-hybridized carbons (Fsp3) is 0.250. The molecule has 1 aromatic carbocycles. The van der Waals surface area contributed by atoms with Gasteiger partial charge in [0.15, 0.2) is 0 Å². The van der Waals surface area contributed by atoms with Crippen molar-refractivity contribution in [2.24, 2.45) is 11.6 Å². The van der Waals surface area contributed by atoms with Gasteiger partial charge in [0.2, 0.25) is 5.91 Å². The second-order valence-corrected chi connectivity index (χ2v) is 4.60. The molecular weight excluding hydrogens is 268 g/mol. The number of hydrogen-bond donors (Lipinski definition) is 3. The normalized spacial score (nSPS) is 17.6. The van der Waals surface area contributed by atoms with Crippen molar-refractivity contribution in [3.05, 3.63) is 34.6 Å². The molecule has 1 aliphatic rings. The highest BCUT2D eigenvalue weighted by atomic mass is 35.5. The number of carbonyl (C=O) groups is 1. The highest BCUT2D eigenvalue weighted by molar-refractivity contribution is 6.31. The molecule has 0 fully saturated rings. The number of hydrogen-bond acceptors (Lipinski definition) is 5. The molecule has 2 rings (SSSR count). The van der Waals surface area contributed by atoms with E-state index in [1.54, 1.807) is 18.2 Å². The fourth-order valence-electron chi connectivity index (χ4n) is 1.89. The lowest BCUT2D eigenvalue weighted by Gasteiger charge is -2.22. The van der Waals surface area contributed by atoms with Gasteiger partial charge >= 0.3 is 0 Å². The first-order chi connectivity index (χ1) is 9.02. The molecule has 0 aromatic heterocycles. The summed E-state index contributed by atoms with van der Waals surface area (Å²) >= 11 is 5.95. The summed E-state index contributed by atoms with van der Waals surface area (Å²) in [6.45, 7) is 0.201. The quantitative estimate of drug-likeness (QED) is 0.708. The van der Waals surface area contributed by atoms with Crippen LogP contribution in [0.1, 0.15) is 6.42 Å². The van der Waals surface area contributed by atoms with Gasteiger partial charge in [0.25, 0.3) is 0 Å². The summed E-state index contributed by atoms with van der Waals surface area (Å²) in [5.41, 5.74) is 7.99. The van der Waals surface area contributed by atoms with Crippen LogP contribution in [0, 0.1) is 0 Å². The first kappa shape index (κ1) is 13.7. The third-order valence-electron chi connectivity index (χ3n) is 2.78. The van der Waals surface area contributed by atoms with E-state index in [1.807, 2.05) is 0 Å². The Balaban J connectivity index is 2.51. The van der Waals surface area contributed by atoms with Crippen LogP contribution in [0.5, 0.6) is 0 Å². The largest absolute Gasteiger partial charge is 0.399 e.